The van der Waals surface area contributed by atoms with E-state index in [9.17, 15) is 9.59 Å². The van der Waals surface area contributed by atoms with Crippen LogP contribution in [-0.2, 0) is 9.53 Å². The highest BCUT2D eigenvalue weighted by atomic mass is 127. The van der Waals surface area contributed by atoms with Crippen molar-refractivity contribution in [2.24, 2.45) is 5.41 Å². The van der Waals surface area contributed by atoms with Crippen LogP contribution in [0.5, 0.6) is 0 Å². The third kappa shape index (κ3) is 6.77. The van der Waals surface area contributed by atoms with Gasteiger partial charge in [0.1, 0.15) is 0 Å². The zero-order valence-electron chi connectivity index (χ0n) is 13.8. The summed E-state index contributed by atoms with van der Waals surface area (Å²) in [7, 11) is 0. The second-order valence-corrected chi connectivity index (χ2v) is 8.39. The summed E-state index contributed by atoms with van der Waals surface area (Å²) in [5.41, 5.74) is 0.237. The molecule has 0 bridgehead atoms. The van der Waals surface area contributed by atoms with Crippen molar-refractivity contribution >= 4 is 34.5 Å². The molecule has 1 rings (SSSR count). The Kier molecular flexibility index (Phi) is 6.40. The van der Waals surface area contributed by atoms with E-state index in [-0.39, 0.29) is 23.5 Å². The Morgan fingerprint density at radius 1 is 1.14 bits per heavy atom. The lowest BCUT2D eigenvalue weighted by Gasteiger charge is -2.33. The summed E-state index contributed by atoms with van der Waals surface area (Å²) in [6.07, 6.45) is 0.830. The van der Waals surface area contributed by atoms with E-state index >= 15 is 0 Å². The summed E-state index contributed by atoms with van der Waals surface area (Å²) in [4.78, 5) is 23.9. The lowest BCUT2D eigenvalue weighted by Crippen LogP contribution is -2.47. The van der Waals surface area contributed by atoms with E-state index in [4.69, 9.17) is 4.74 Å². The van der Waals surface area contributed by atoms with Gasteiger partial charge in [-0.2, -0.15) is 0 Å². The molecule has 0 aliphatic carbocycles. The van der Waals surface area contributed by atoms with Crippen molar-refractivity contribution in [1.82, 2.24) is 5.32 Å². The quantitative estimate of drug-likeness (QED) is 0.586. The number of esters is 1. The highest BCUT2D eigenvalue weighted by Gasteiger charge is 2.27. The monoisotopic (exact) mass is 417 g/mol. The summed E-state index contributed by atoms with van der Waals surface area (Å²) in [6, 6.07) is 7.13. The third-order valence-electron chi connectivity index (χ3n) is 2.88. The number of carbonyl (C=O) groups excluding carboxylic acids is 2. The zero-order valence-corrected chi connectivity index (χ0v) is 16.0. The number of halogens is 1. The van der Waals surface area contributed by atoms with E-state index in [1.165, 1.54) is 0 Å². The first-order valence-electron chi connectivity index (χ1n) is 7.23. The highest BCUT2D eigenvalue weighted by Crippen LogP contribution is 2.26. The summed E-state index contributed by atoms with van der Waals surface area (Å²) in [6.45, 7) is 10.0. The number of carbonyl (C=O) groups is 2. The molecule has 1 N–H and O–H groups in total. The summed E-state index contributed by atoms with van der Waals surface area (Å²) < 4.78 is 5.90. The molecule has 4 nitrogen and oxygen atoms in total. The van der Waals surface area contributed by atoms with Crippen LogP contribution in [0.4, 0.5) is 0 Å². The number of ether oxygens (including phenoxy) is 1. The topological polar surface area (TPSA) is 55.4 Å². The second-order valence-electron chi connectivity index (χ2n) is 7.23. The van der Waals surface area contributed by atoms with Gasteiger partial charge in [-0.25, -0.2) is 4.79 Å². The van der Waals surface area contributed by atoms with Gasteiger partial charge < -0.3 is 10.1 Å². The number of hydrogen-bond donors (Lipinski definition) is 1. The number of amides is 1. The normalized spacial score (nSPS) is 11.9. The van der Waals surface area contributed by atoms with E-state index in [0.717, 1.165) is 9.99 Å². The van der Waals surface area contributed by atoms with Crippen molar-refractivity contribution in [3.8, 4) is 0 Å². The third-order valence-corrected chi connectivity index (χ3v) is 3.82. The first-order chi connectivity index (χ1) is 10.0. The smallest absolute Gasteiger partial charge is 0.339 e. The number of benzene rings is 1. The SMILES string of the molecule is CC(C)(C)CC(C)(C)NC(=O)COC(=O)c1ccccc1I. The highest BCUT2D eigenvalue weighted by molar-refractivity contribution is 14.1. The lowest BCUT2D eigenvalue weighted by atomic mass is 9.82. The molecule has 1 aromatic rings. The lowest BCUT2D eigenvalue weighted by molar-refractivity contribution is -0.126. The molecule has 0 aromatic heterocycles. The van der Waals surface area contributed by atoms with E-state index < -0.39 is 5.97 Å². The molecule has 1 amide bonds. The Bertz CT molecular complexity index is 547. The predicted molar refractivity (Wildman–Crippen MR) is 95.7 cm³/mol. The van der Waals surface area contributed by atoms with E-state index in [1.807, 2.05) is 26.0 Å². The van der Waals surface area contributed by atoms with Gasteiger partial charge in [-0.1, -0.05) is 32.9 Å². The minimum atomic E-state index is -0.478. The molecular formula is C17H24INO3. The predicted octanol–water partition coefficient (Wildman–Crippen LogP) is 3.78. The first kappa shape index (κ1) is 18.9. The molecule has 0 spiro atoms. The molecule has 0 atom stereocenters. The second kappa shape index (κ2) is 7.44. The largest absolute Gasteiger partial charge is 0.452 e. The van der Waals surface area contributed by atoms with Crippen LogP contribution in [0.2, 0.25) is 0 Å². The maximum Gasteiger partial charge on any atom is 0.339 e. The van der Waals surface area contributed by atoms with Crippen LogP contribution in [0, 0.1) is 8.99 Å². The molecule has 0 heterocycles. The van der Waals surface area contributed by atoms with Crippen molar-refractivity contribution in [2.75, 3.05) is 6.61 Å². The molecule has 0 saturated carbocycles. The zero-order chi connectivity index (χ0) is 17.0. The molecular weight excluding hydrogens is 393 g/mol. The molecule has 122 valence electrons. The van der Waals surface area contributed by atoms with Gasteiger partial charge in [0.05, 0.1) is 5.56 Å². The van der Waals surface area contributed by atoms with Crippen molar-refractivity contribution in [1.29, 1.82) is 0 Å². The van der Waals surface area contributed by atoms with Crippen LogP contribution >= 0.6 is 22.6 Å². The van der Waals surface area contributed by atoms with Gasteiger partial charge in [-0.15, -0.1) is 0 Å². The fourth-order valence-electron chi connectivity index (χ4n) is 2.62. The van der Waals surface area contributed by atoms with Crippen molar-refractivity contribution < 1.29 is 14.3 Å². The van der Waals surface area contributed by atoms with Gasteiger partial charge >= 0.3 is 5.97 Å². The van der Waals surface area contributed by atoms with Crippen LogP contribution in [0.3, 0.4) is 0 Å². The summed E-state index contributed by atoms with van der Waals surface area (Å²) in [5.74, 6) is -0.762. The van der Waals surface area contributed by atoms with Crippen LogP contribution in [0.15, 0.2) is 24.3 Å². The average molecular weight is 417 g/mol. The average Bonchev–Trinajstić information content (AvgIpc) is 2.32. The fraction of sp³-hybridized carbons (Fsp3) is 0.529. The van der Waals surface area contributed by atoms with Crippen molar-refractivity contribution in [3.63, 3.8) is 0 Å². The minimum Gasteiger partial charge on any atom is -0.452 e. The van der Waals surface area contributed by atoms with E-state index in [1.54, 1.807) is 12.1 Å². The first-order valence-corrected chi connectivity index (χ1v) is 8.31. The summed E-state index contributed by atoms with van der Waals surface area (Å²) in [5, 5.41) is 2.92. The summed E-state index contributed by atoms with van der Waals surface area (Å²) >= 11 is 2.07. The Balaban J connectivity index is 2.53. The number of hydrogen-bond acceptors (Lipinski definition) is 3. The molecule has 0 unspecified atom stereocenters. The van der Waals surface area contributed by atoms with Gasteiger partial charge in [0.15, 0.2) is 6.61 Å². The minimum absolute atomic E-state index is 0.105. The van der Waals surface area contributed by atoms with Gasteiger partial charge in [-0.3, -0.25) is 4.79 Å². The van der Waals surface area contributed by atoms with Gasteiger partial charge in [-0.05, 0) is 60.4 Å². The maximum atomic E-state index is 12.0. The van der Waals surface area contributed by atoms with Gasteiger partial charge in [0, 0.05) is 9.11 Å². The standard InChI is InChI=1S/C17H24INO3/c1-16(2,3)11-17(4,5)19-14(20)10-22-15(21)12-8-6-7-9-13(12)18/h6-9H,10-11H2,1-5H3,(H,19,20). The fourth-order valence-corrected chi connectivity index (χ4v) is 3.23. The van der Waals surface area contributed by atoms with E-state index in [0.29, 0.717) is 5.56 Å². The number of rotatable bonds is 5. The maximum absolute atomic E-state index is 12.0. The molecule has 0 aliphatic rings. The van der Waals surface area contributed by atoms with Crippen LogP contribution in [0.1, 0.15) is 51.4 Å². The molecule has 1 aromatic carbocycles. The molecule has 5 heteroatoms. The molecule has 0 saturated heterocycles. The van der Waals surface area contributed by atoms with Crippen LogP contribution in [-0.4, -0.2) is 24.0 Å². The van der Waals surface area contributed by atoms with Crippen molar-refractivity contribution in [2.45, 2.75) is 46.6 Å². The molecule has 0 radical (unpaired) electrons. The number of nitrogens with one attached hydrogen (secondary N) is 1. The Morgan fingerprint density at radius 3 is 2.27 bits per heavy atom. The van der Waals surface area contributed by atoms with Crippen LogP contribution in [0.25, 0.3) is 0 Å². The van der Waals surface area contributed by atoms with Gasteiger partial charge in [0.25, 0.3) is 5.91 Å². The Labute approximate surface area is 146 Å². The molecule has 0 fully saturated rings. The van der Waals surface area contributed by atoms with Crippen molar-refractivity contribution in [3.05, 3.63) is 33.4 Å². The Morgan fingerprint density at radius 2 is 1.73 bits per heavy atom. The van der Waals surface area contributed by atoms with E-state index in [2.05, 4.69) is 48.7 Å². The van der Waals surface area contributed by atoms with Crippen LogP contribution < -0.4 is 5.32 Å². The van der Waals surface area contributed by atoms with Gasteiger partial charge in [0.2, 0.25) is 0 Å². The molecule has 0 aliphatic heterocycles. The molecule has 22 heavy (non-hydrogen) atoms. The Hall–Kier alpha value is -1.11.